The van der Waals surface area contributed by atoms with E-state index in [1.54, 1.807) is 12.1 Å². The summed E-state index contributed by atoms with van der Waals surface area (Å²) in [5.41, 5.74) is 4.26. The van der Waals surface area contributed by atoms with E-state index in [9.17, 15) is 9.18 Å². The van der Waals surface area contributed by atoms with Crippen LogP contribution in [0.2, 0.25) is 0 Å². The third-order valence-electron chi connectivity index (χ3n) is 4.66. The van der Waals surface area contributed by atoms with Crippen molar-refractivity contribution < 1.29 is 13.9 Å². The zero-order valence-corrected chi connectivity index (χ0v) is 17.4. The van der Waals surface area contributed by atoms with E-state index >= 15 is 0 Å². The molecular formula is C25H27FN2O2. The average molecular weight is 407 g/mol. The van der Waals surface area contributed by atoms with Crippen LogP contribution < -0.4 is 10.1 Å². The van der Waals surface area contributed by atoms with Gasteiger partial charge in [0.2, 0.25) is 0 Å². The van der Waals surface area contributed by atoms with Crippen molar-refractivity contribution in [3.63, 3.8) is 0 Å². The van der Waals surface area contributed by atoms with Crippen LogP contribution in [0.3, 0.4) is 0 Å². The van der Waals surface area contributed by atoms with Gasteiger partial charge in [0.1, 0.15) is 11.6 Å². The number of nitrogens with one attached hydrogen (secondary N) is 1. The van der Waals surface area contributed by atoms with Crippen LogP contribution in [0.4, 0.5) is 4.39 Å². The highest BCUT2D eigenvalue weighted by Gasteiger charge is 2.10. The molecule has 30 heavy (non-hydrogen) atoms. The zero-order chi connectivity index (χ0) is 21.3. The van der Waals surface area contributed by atoms with Crippen molar-refractivity contribution in [3.8, 4) is 16.9 Å². The molecule has 1 amide bonds. The Bertz CT molecular complexity index is 957. The van der Waals surface area contributed by atoms with Gasteiger partial charge in [-0.05, 0) is 61.5 Å². The average Bonchev–Trinajstić information content (AvgIpc) is 2.74. The fraction of sp³-hybridized carbons (Fsp3) is 0.240. The number of amides is 1. The van der Waals surface area contributed by atoms with Crippen LogP contribution >= 0.6 is 0 Å². The molecule has 3 rings (SSSR count). The third kappa shape index (κ3) is 6.42. The summed E-state index contributed by atoms with van der Waals surface area (Å²) in [6.45, 7) is 1.14. The van der Waals surface area contributed by atoms with E-state index < -0.39 is 0 Å². The van der Waals surface area contributed by atoms with Crippen LogP contribution in [-0.4, -0.2) is 38.1 Å². The van der Waals surface area contributed by atoms with E-state index in [-0.39, 0.29) is 18.3 Å². The van der Waals surface area contributed by atoms with E-state index in [0.29, 0.717) is 25.3 Å². The van der Waals surface area contributed by atoms with Gasteiger partial charge in [-0.2, -0.15) is 0 Å². The van der Waals surface area contributed by atoms with Crippen molar-refractivity contribution in [1.29, 1.82) is 0 Å². The van der Waals surface area contributed by atoms with Gasteiger partial charge >= 0.3 is 0 Å². The Morgan fingerprint density at radius 1 is 0.967 bits per heavy atom. The van der Waals surface area contributed by atoms with E-state index in [4.69, 9.17) is 4.74 Å². The summed E-state index contributed by atoms with van der Waals surface area (Å²) in [5.74, 6) is 0.264. The Hall–Kier alpha value is -3.18. The lowest BCUT2D eigenvalue weighted by atomic mass is 10.0. The molecule has 0 aromatic heterocycles. The number of benzene rings is 3. The summed E-state index contributed by atoms with van der Waals surface area (Å²) in [6, 6.07) is 22.5. The molecular weight excluding hydrogens is 379 g/mol. The molecule has 0 bridgehead atoms. The molecule has 1 N–H and O–H groups in total. The SMILES string of the molecule is CN(C)Cc1cc(-c2ccccc2)ccc1OCC(=O)NCCc1ccc(F)cc1. The van der Waals surface area contributed by atoms with Crippen LogP contribution in [0.1, 0.15) is 11.1 Å². The second kappa shape index (κ2) is 10.6. The first kappa shape index (κ1) is 21.5. The molecule has 3 aromatic carbocycles. The van der Waals surface area contributed by atoms with E-state index in [1.165, 1.54) is 12.1 Å². The lowest BCUT2D eigenvalue weighted by Crippen LogP contribution is -2.30. The van der Waals surface area contributed by atoms with Gasteiger partial charge in [-0.15, -0.1) is 0 Å². The lowest BCUT2D eigenvalue weighted by molar-refractivity contribution is -0.123. The summed E-state index contributed by atoms with van der Waals surface area (Å²) < 4.78 is 18.8. The number of hydrogen-bond donors (Lipinski definition) is 1. The van der Waals surface area contributed by atoms with Gasteiger partial charge < -0.3 is 15.0 Å². The second-order valence-electron chi connectivity index (χ2n) is 7.44. The van der Waals surface area contributed by atoms with E-state index in [1.807, 2.05) is 44.4 Å². The molecule has 0 spiro atoms. The minimum Gasteiger partial charge on any atom is -0.483 e. The summed E-state index contributed by atoms with van der Waals surface area (Å²) >= 11 is 0. The first-order chi connectivity index (χ1) is 14.5. The van der Waals surface area contributed by atoms with Crippen molar-refractivity contribution in [2.24, 2.45) is 0 Å². The molecule has 0 unspecified atom stereocenters. The fourth-order valence-corrected chi connectivity index (χ4v) is 3.19. The van der Waals surface area contributed by atoms with Crippen LogP contribution in [0.15, 0.2) is 72.8 Å². The lowest BCUT2D eigenvalue weighted by Gasteiger charge is -2.16. The maximum atomic E-state index is 12.9. The molecule has 0 saturated carbocycles. The number of rotatable bonds is 9. The van der Waals surface area contributed by atoms with Crippen molar-refractivity contribution in [2.75, 3.05) is 27.2 Å². The van der Waals surface area contributed by atoms with Crippen LogP contribution in [0, 0.1) is 5.82 Å². The first-order valence-corrected chi connectivity index (χ1v) is 9.98. The highest BCUT2D eigenvalue weighted by molar-refractivity contribution is 5.77. The molecule has 0 aliphatic rings. The van der Waals surface area contributed by atoms with Gasteiger partial charge in [-0.1, -0.05) is 48.5 Å². The molecule has 3 aromatic rings. The number of halogens is 1. The predicted molar refractivity (Wildman–Crippen MR) is 118 cm³/mol. The van der Waals surface area contributed by atoms with Gasteiger partial charge in [0.25, 0.3) is 5.91 Å². The van der Waals surface area contributed by atoms with Gasteiger partial charge in [0, 0.05) is 18.7 Å². The molecule has 4 nitrogen and oxygen atoms in total. The smallest absolute Gasteiger partial charge is 0.257 e. The monoisotopic (exact) mass is 406 g/mol. The molecule has 0 saturated heterocycles. The number of ether oxygens (including phenoxy) is 1. The predicted octanol–water partition coefficient (Wildman–Crippen LogP) is 4.29. The van der Waals surface area contributed by atoms with Crippen LogP contribution in [0.5, 0.6) is 5.75 Å². The normalized spacial score (nSPS) is 10.8. The molecule has 0 atom stereocenters. The van der Waals surface area contributed by atoms with E-state index in [0.717, 1.165) is 22.3 Å². The van der Waals surface area contributed by atoms with Crippen molar-refractivity contribution in [1.82, 2.24) is 10.2 Å². The van der Waals surface area contributed by atoms with E-state index in [2.05, 4.69) is 28.4 Å². The topological polar surface area (TPSA) is 41.6 Å². The number of carbonyl (C=O) groups excluding carboxylic acids is 1. The highest BCUT2D eigenvalue weighted by atomic mass is 19.1. The molecule has 0 radical (unpaired) electrons. The zero-order valence-electron chi connectivity index (χ0n) is 17.4. The van der Waals surface area contributed by atoms with Gasteiger partial charge in [-0.25, -0.2) is 4.39 Å². The standard InChI is InChI=1S/C25H27FN2O2/c1-28(2)17-22-16-21(20-6-4-3-5-7-20)10-13-24(22)30-18-25(29)27-15-14-19-8-11-23(26)12-9-19/h3-13,16H,14-15,17-18H2,1-2H3,(H,27,29). The molecule has 0 aliphatic carbocycles. The maximum Gasteiger partial charge on any atom is 0.257 e. The Morgan fingerprint density at radius 3 is 2.40 bits per heavy atom. The Labute approximate surface area is 177 Å². The molecule has 156 valence electrons. The van der Waals surface area contributed by atoms with Crippen LogP contribution in [0.25, 0.3) is 11.1 Å². The quantitative estimate of drug-likeness (QED) is 0.576. The number of carbonyl (C=O) groups is 1. The fourth-order valence-electron chi connectivity index (χ4n) is 3.19. The first-order valence-electron chi connectivity index (χ1n) is 9.98. The third-order valence-corrected chi connectivity index (χ3v) is 4.66. The van der Waals surface area contributed by atoms with Crippen molar-refractivity contribution in [2.45, 2.75) is 13.0 Å². The Kier molecular flexibility index (Phi) is 7.57. The summed E-state index contributed by atoms with van der Waals surface area (Å²) in [7, 11) is 4.00. The molecule has 5 heteroatoms. The summed E-state index contributed by atoms with van der Waals surface area (Å²) in [4.78, 5) is 14.2. The number of nitrogens with zero attached hydrogens (tertiary/aromatic N) is 1. The second-order valence-corrected chi connectivity index (χ2v) is 7.44. The van der Waals surface area contributed by atoms with Crippen molar-refractivity contribution >= 4 is 5.91 Å². The molecule has 0 aliphatic heterocycles. The minimum atomic E-state index is -0.261. The van der Waals surface area contributed by atoms with Gasteiger partial charge in [0.15, 0.2) is 6.61 Å². The molecule has 0 fully saturated rings. The van der Waals surface area contributed by atoms with Crippen molar-refractivity contribution in [3.05, 3.63) is 89.7 Å². The molecule has 0 heterocycles. The van der Waals surface area contributed by atoms with Gasteiger partial charge in [-0.3, -0.25) is 4.79 Å². The summed E-state index contributed by atoms with van der Waals surface area (Å²) in [5, 5.41) is 2.85. The summed E-state index contributed by atoms with van der Waals surface area (Å²) in [6.07, 6.45) is 0.643. The number of hydrogen-bond acceptors (Lipinski definition) is 3. The highest BCUT2D eigenvalue weighted by Crippen LogP contribution is 2.27. The maximum absolute atomic E-state index is 12.9. The van der Waals surface area contributed by atoms with Crippen LogP contribution in [-0.2, 0) is 17.8 Å². The largest absolute Gasteiger partial charge is 0.483 e. The Balaban J connectivity index is 1.57. The minimum absolute atomic E-state index is 0.0471. The van der Waals surface area contributed by atoms with Gasteiger partial charge in [0.05, 0.1) is 0 Å². The Morgan fingerprint density at radius 2 is 1.70 bits per heavy atom.